The highest BCUT2D eigenvalue weighted by Crippen LogP contribution is 2.11. The van der Waals surface area contributed by atoms with Crippen LogP contribution in [0.1, 0.15) is 20.8 Å². The van der Waals surface area contributed by atoms with Crippen molar-refractivity contribution in [3.8, 4) is 0 Å². The van der Waals surface area contributed by atoms with Gasteiger partial charge in [0.2, 0.25) is 5.91 Å². The molecule has 1 amide bonds. The van der Waals surface area contributed by atoms with E-state index in [-0.39, 0.29) is 22.7 Å². The average Bonchev–Trinajstić information content (AvgIpc) is 2.16. The van der Waals surface area contributed by atoms with E-state index in [1.165, 1.54) is 0 Å². The van der Waals surface area contributed by atoms with Gasteiger partial charge in [-0.05, 0) is 19.5 Å². The zero-order chi connectivity index (χ0) is 12.7. The second kappa shape index (κ2) is 7.57. The molecule has 0 aliphatic rings. The first-order valence-corrected chi connectivity index (χ1v) is 6.06. The molecule has 0 saturated carbocycles. The number of amides is 1. The molecule has 0 fully saturated rings. The molecule has 0 aromatic rings. The van der Waals surface area contributed by atoms with Crippen molar-refractivity contribution in [2.24, 2.45) is 17.6 Å². The number of carbonyl (C=O) groups excluding carboxylic acids is 1. The van der Waals surface area contributed by atoms with Crippen molar-refractivity contribution in [3.05, 3.63) is 0 Å². The van der Waals surface area contributed by atoms with Crippen molar-refractivity contribution in [3.63, 3.8) is 0 Å². The van der Waals surface area contributed by atoms with Gasteiger partial charge in [0.15, 0.2) is 0 Å². The van der Waals surface area contributed by atoms with Crippen LogP contribution >= 0.6 is 12.2 Å². The predicted molar refractivity (Wildman–Crippen MR) is 71.3 cm³/mol. The molecule has 0 aliphatic heterocycles. The summed E-state index contributed by atoms with van der Waals surface area (Å²) >= 11 is 4.90. The number of nitrogens with zero attached hydrogens (tertiary/aromatic N) is 1. The van der Waals surface area contributed by atoms with E-state index in [2.05, 4.69) is 17.1 Å². The first kappa shape index (κ1) is 15.3. The summed E-state index contributed by atoms with van der Waals surface area (Å²) in [6, 6.07) is 0. The van der Waals surface area contributed by atoms with Crippen LogP contribution in [0.15, 0.2) is 0 Å². The van der Waals surface area contributed by atoms with Crippen LogP contribution in [0, 0.1) is 11.8 Å². The van der Waals surface area contributed by atoms with Crippen molar-refractivity contribution in [1.29, 1.82) is 0 Å². The molecule has 0 aromatic heterocycles. The summed E-state index contributed by atoms with van der Waals surface area (Å²) in [6.07, 6.45) is 0. The molecule has 0 heterocycles. The fourth-order valence-corrected chi connectivity index (χ4v) is 1.78. The summed E-state index contributed by atoms with van der Waals surface area (Å²) in [5.41, 5.74) is 5.56. The minimum atomic E-state index is -0.359. The van der Waals surface area contributed by atoms with Gasteiger partial charge in [-0.2, -0.15) is 0 Å². The minimum Gasteiger partial charge on any atom is -0.393 e. The zero-order valence-corrected chi connectivity index (χ0v) is 11.4. The van der Waals surface area contributed by atoms with Crippen molar-refractivity contribution in [1.82, 2.24) is 10.2 Å². The van der Waals surface area contributed by atoms with E-state index < -0.39 is 0 Å². The Kier molecular flexibility index (Phi) is 7.25. The Bertz CT molecular complexity index is 243. The summed E-state index contributed by atoms with van der Waals surface area (Å²) in [5, 5.41) is 2.86. The van der Waals surface area contributed by atoms with Gasteiger partial charge in [0, 0.05) is 13.1 Å². The standard InChI is InChI=1S/C11H23N3OS/c1-5-14(4)7-6-13-11(15)9(8(2)3)10(12)16/h8-9H,5-7H2,1-4H3,(H2,12,16)(H,13,15). The lowest BCUT2D eigenvalue weighted by Gasteiger charge is -2.20. The Labute approximate surface area is 104 Å². The van der Waals surface area contributed by atoms with Crippen LogP contribution in [0.3, 0.4) is 0 Å². The Hall–Kier alpha value is -0.680. The maximum atomic E-state index is 11.8. The Morgan fingerprint density at radius 2 is 2.06 bits per heavy atom. The molecule has 0 radical (unpaired) electrons. The van der Waals surface area contributed by atoms with Gasteiger partial charge in [-0.1, -0.05) is 33.0 Å². The van der Waals surface area contributed by atoms with E-state index in [0.717, 1.165) is 13.1 Å². The van der Waals surface area contributed by atoms with Gasteiger partial charge in [0.05, 0.1) is 10.9 Å². The number of rotatable bonds is 7. The number of nitrogens with two attached hydrogens (primary N) is 1. The number of hydrogen-bond acceptors (Lipinski definition) is 3. The van der Waals surface area contributed by atoms with E-state index in [4.69, 9.17) is 18.0 Å². The van der Waals surface area contributed by atoms with Gasteiger partial charge in [0.1, 0.15) is 0 Å². The lowest BCUT2D eigenvalue weighted by Crippen LogP contribution is -2.43. The molecule has 3 N–H and O–H groups in total. The molecular formula is C11H23N3OS. The fourth-order valence-electron chi connectivity index (χ4n) is 1.40. The Morgan fingerprint density at radius 3 is 2.44 bits per heavy atom. The first-order chi connectivity index (χ1) is 7.40. The third kappa shape index (κ3) is 5.42. The molecule has 0 aromatic carbocycles. The third-order valence-corrected chi connectivity index (χ3v) is 2.84. The number of hydrogen-bond donors (Lipinski definition) is 2. The molecule has 0 saturated heterocycles. The van der Waals surface area contributed by atoms with Crippen molar-refractivity contribution in [2.75, 3.05) is 26.7 Å². The molecule has 16 heavy (non-hydrogen) atoms. The van der Waals surface area contributed by atoms with E-state index >= 15 is 0 Å². The monoisotopic (exact) mass is 245 g/mol. The van der Waals surface area contributed by atoms with Crippen LogP contribution in [0.5, 0.6) is 0 Å². The Morgan fingerprint density at radius 1 is 1.50 bits per heavy atom. The smallest absolute Gasteiger partial charge is 0.230 e. The molecule has 94 valence electrons. The van der Waals surface area contributed by atoms with Crippen molar-refractivity contribution >= 4 is 23.1 Å². The van der Waals surface area contributed by atoms with E-state index in [9.17, 15) is 4.79 Å². The van der Waals surface area contributed by atoms with Crippen LogP contribution in [0.4, 0.5) is 0 Å². The minimum absolute atomic E-state index is 0.0630. The maximum absolute atomic E-state index is 11.8. The van der Waals surface area contributed by atoms with Crippen molar-refractivity contribution in [2.45, 2.75) is 20.8 Å². The summed E-state index contributed by atoms with van der Waals surface area (Å²) in [5.74, 6) is -0.282. The molecule has 5 heteroatoms. The number of carbonyl (C=O) groups is 1. The highest BCUT2D eigenvalue weighted by Gasteiger charge is 2.24. The molecule has 0 spiro atoms. The van der Waals surface area contributed by atoms with Gasteiger partial charge in [0.25, 0.3) is 0 Å². The summed E-state index contributed by atoms with van der Waals surface area (Å²) in [6.45, 7) is 8.41. The molecular weight excluding hydrogens is 222 g/mol. The average molecular weight is 245 g/mol. The van der Waals surface area contributed by atoms with Crippen LogP contribution in [-0.2, 0) is 4.79 Å². The normalized spacial score (nSPS) is 12.9. The molecule has 1 unspecified atom stereocenters. The molecule has 0 bridgehead atoms. The Balaban J connectivity index is 4.08. The largest absolute Gasteiger partial charge is 0.393 e. The lowest BCUT2D eigenvalue weighted by atomic mass is 9.95. The summed E-state index contributed by atoms with van der Waals surface area (Å²) < 4.78 is 0. The van der Waals surface area contributed by atoms with Crippen molar-refractivity contribution < 1.29 is 4.79 Å². The fraction of sp³-hybridized carbons (Fsp3) is 0.818. The quantitative estimate of drug-likeness (QED) is 0.645. The predicted octanol–water partition coefficient (Wildman–Crippen LogP) is 0.613. The van der Waals surface area contributed by atoms with Gasteiger partial charge >= 0.3 is 0 Å². The molecule has 0 rings (SSSR count). The van der Waals surface area contributed by atoms with Gasteiger partial charge in [-0.25, -0.2) is 0 Å². The van der Waals surface area contributed by atoms with Crippen LogP contribution < -0.4 is 11.1 Å². The number of nitrogens with one attached hydrogen (secondary N) is 1. The summed E-state index contributed by atoms with van der Waals surface area (Å²) in [7, 11) is 2.01. The van der Waals surface area contributed by atoms with Gasteiger partial charge in [-0.15, -0.1) is 0 Å². The van der Waals surface area contributed by atoms with Crippen LogP contribution in [0.2, 0.25) is 0 Å². The second-order valence-corrected chi connectivity index (χ2v) is 4.78. The van der Waals surface area contributed by atoms with Crippen LogP contribution in [0.25, 0.3) is 0 Å². The molecule has 0 aliphatic carbocycles. The second-order valence-electron chi connectivity index (χ2n) is 4.31. The van der Waals surface area contributed by atoms with Gasteiger partial charge < -0.3 is 16.0 Å². The number of thiocarbonyl (C=S) groups is 1. The van der Waals surface area contributed by atoms with E-state index in [0.29, 0.717) is 6.54 Å². The van der Waals surface area contributed by atoms with Crippen LogP contribution in [-0.4, -0.2) is 42.5 Å². The maximum Gasteiger partial charge on any atom is 0.230 e. The lowest BCUT2D eigenvalue weighted by molar-refractivity contribution is -0.124. The molecule has 1 atom stereocenters. The first-order valence-electron chi connectivity index (χ1n) is 5.65. The highest BCUT2D eigenvalue weighted by atomic mass is 32.1. The van der Waals surface area contributed by atoms with Gasteiger partial charge in [-0.3, -0.25) is 4.79 Å². The molecule has 4 nitrogen and oxygen atoms in total. The SMILES string of the molecule is CCN(C)CCNC(=O)C(C(N)=S)C(C)C. The highest BCUT2D eigenvalue weighted by molar-refractivity contribution is 7.80. The zero-order valence-electron chi connectivity index (χ0n) is 10.6. The third-order valence-electron chi connectivity index (χ3n) is 2.59. The topological polar surface area (TPSA) is 58.4 Å². The summed E-state index contributed by atoms with van der Waals surface area (Å²) in [4.78, 5) is 14.2. The van der Waals surface area contributed by atoms with E-state index in [1.54, 1.807) is 0 Å². The van der Waals surface area contributed by atoms with E-state index in [1.807, 2.05) is 20.9 Å². The number of likely N-dealkylation sites (N-methyl/N-ethyl adjacent to an activating group) is 1.